The fourth-order valence-corrected chi connectivity index (χ4v) is 2.61. The predicted octanol–water partition coefficient (Wildman–Crippen LogP) is 2.76. The van der Waals surface area contributed by atoms with Crippen LogP contribution in [0, 0.1) is 0 Å². The highest BCUT2D eigenvalue weighted by molar-refractivity contribution is 5.80. The molecule has 2 rings (SSSR count). The standard InChI is InChI=1S/C19H27NO6/c1-19(2,3)26-18(23)20-16(17(21)22)11-13-6-4-7-14(10-13)25-12-15-8-5-9-24-15/h4,6-7,10,15-16H,5,8-9,11-12H2,1-3H3,(H,20,23)(H,21,22). The van der Waals surface area contributed by atoms with Crippen LogP contribution in [0.3, 0.4) is 0 Å². The van der Waals surface area contributed by atoms with Gasteiger partial charge in [-0.2, -0.15) is 0 Å². The van der Waals surface area contributed by atoms with Crippen LogP contribution in [-0.2, 0) is 20.7 Å². The Labute approximate surface area is 153 Å². The molecule has 1 saturated heterocycles. The van der Waals surface area contributed by atoms with Gasteiger partial charge in [0.15, 0.2) is 0 Å². The molecule has 2 atom stereocenters. The second-order valence-corrected chi connectivity index (χ2v) is 7.33. The van der Waals surface area contributed by atoms with Crippen molar-refractivity contribution in [3.8, 4) is 5.75 Å². The average Bonchev–Trinajstić information content (AvgIpc) is 3.04. The summed E-state index contributed by atoms with van der Waals surface area (Å²) in [6, 6.07) is 6.10. The van der Waals surface area contributed by atoms with E-state index in [0.29, 0.717) is 12.4 Å². The normalized spacial score (nSPS) is 18.2. The maximum atomic E-state index is 11.8. The first-order valence-electron chi connectivity index (χ1n) is 8.78. The second-order valence-electron chi connectivity index (χ2n) is 7.33. The van der Waals surface area contributed by atoms with E-state index in [1.165, 1.54) is 0 Å². The fourth-order valence-electron chi connectivity index (χ4n) is 2.61. The molecule has 0 bridgehead atoms. The van der Waals surface area contributed by atoms with Crippen LogP contribution in [0.1, 0.15) is 39.2 Å². The molecule has 0 aliphatic carbocycles. The molecular formula is C19H27NO6. The van der Waals surface area contributed by atoms with E-state index in [1.54, 1.807) is 39.0 Å². The Morgan fingerprint density at radius 1 is 1.38 bits per heavy atom. The topological polar surface area (TPSA) is 94.1 Å². The van der Waals surface area contributed by atoms with Crippen molar-refractivity contribution in [2.75, 3.05) is 13.2 Å². The molecule has 0 aromatic heterocycles. The van der Waals surface area contributed by atoms with Crippen molar-refractivity contribution in [3.63, 3.8) is 0 Å². The summed E-state index contributed by atoms with van der Waals surface area (Å²) in [6.45, 7) is 6.40. The van der Waals surface area contributed by atoms with Crippen molar-refractivity contribution in [1.82, 2.24) is 5.32 Å². The lowest BCUT2D eigenvalue weighted by atomic mass is 10.1. The van der Waals surface area contributed by atoms with Crippen LogP contribution in [0.4, 0.5) is 4.79 Å². The van der Waals surface area contributed by atoms with Gasteiger partial charge in [0.1, 0.15) is 24.0 Å². The average molecular weight is 365 g/mol. The van der Waals surface area contributed by atoms with E-state index in [-0.39, 0.29) is 12.5 Å². The first kappa shape index (κ1) is 20.0. The fraction of sp³-hybridized carbons (Fsp3) is 0.579. The zero-order valence-electron chi connectivity index (χ0n) is 15.5. The molecule has 0 saturated carbocycles. The van der Waals surface area contributed by atoms with E-state index >= 15 is 0 Å². The van der Waals surface area contributed by atoms with E-state index in [2.05, 4.69) is 5.32 Å². The maximum absolute atomic E-state index is 11.8. The lowest BCUT2D eigenvalue weighted by Gasteiger charge is -2.22. The summed E-state index contributed by atoms with van der Waals surface area (Å²) in [5.74, 6) is -0.471. The number of nitrogens with one attached hydrogen (secondary N) is 1. The number of alkyl carbamates (subject to hydrolysis) is 1. The number of amides is 1. The Balaban J connectivity index is 1.93. The first-order valence-corrected chi connectivity index (χ1v) is 8.78. The van der Waals surface area contributed by atoms with Gasteiger partial charge in [0, 0.05) is 13.0 Å². The molecule has 0 spiro atoms. The molecular weight excluding hydrogens is 338 g/mol. The van der Waals surface area contributed by atoms with Crippen molar-refractivity contribution < 1.29 is 28.9 Å². The number of aliphatic carboxylic acids is 1. The van der Waals surface area contributed by atoms with Crippen molar-refractivity contribution in [2.24, 2.45) is 0 Å². The lowest BCUT2D eigenvalue weighted by Crippen LogP contribution is -2.44. The van der Waals surface area contributed by atoms with Gasteiger partial charge in [-0.3, -0.25) is 0 Å². The molecule has 0 radical (unpaired) electrons. The molecule has 7 heteroatoms. The Hall–Kier alpha value is -2.28. The van der Waals surface area contributed by atoms with Gasteiger partial charge in [0.25, 0.3) is 0 Å². The minimum Gasteiger partial charge on any atom is -0.491 e. The van der Waals surface area contributed by atoms with Gasteiger partial charge in [0.2, 0.25) is 0 Å². The van der Waals surface area contributed by atoms with E-state index in [1.807, 2.05) is 6.07 Å². The van der Waals surface area contributed by atoms with Crippen molar-refractivity contribution in [3.05, 3.63) is 29.8 Å². The predicted molar refractivity (Wildman–Crippen MR) is 95.4 cm³/mol. The molecule has 2 unspecified atom stereocenters. The third kappa shape index (κ3) is 6.92. The summed E-state index contributed by atoms with van der Waals surface area (Å²) in [4.78, 5) is 23.3. The first-order chi connectivity index (χ1) is 12.2. The Morgan fingerprint density at radius 2 is 2.15 bits per heavy atom. The zero-order valence-corrected chi connectivity index (χ0v) is 15.5. The van der Waals surface area contributed by atoms with Crippen LogP contribution < -0.4 is 10.1 Å². The number of carbonyl (C=O) groups is 2. The largest absolute Gasteiger partial charge is 0.491 e. The van der Waals surface area contributed by atoms with Crippen LogP contribution in [-0.4, -0.2) is 48.1 Å². The monoisotopic (exact) mass is 365 g/mol. The van der Waals surface area contributed by atoms with Crippen LogP contribution in [0.5, 0.6) is 5.75 Å². The molecule has 1 amide bonds. The third-order valence-corrected chi connectivity index (χ3v) is 3.79. The van der Waals surface area contributed by atoms with Crippen LogP contribution >= 0.6 is 0 Å². The highest BCUT2D eigenvalue weighted by Gasteiger charge is 2.24. The van der Waals surface area contributed by atoms with Crippen LogP contribution in [0.2, 0.25) is 0 Å². The van der Waals surface area contributed by atoms with Gasteiger partial charge >= 0.3 is 12.1 Å². The SMILES string of the molecule is CC(C)(C)OC(=O)NC(Cc1cccc(OCC2CCCO2)c1)C(=O)O. The Bertz CT molecular complexity index is 619. The summed E-state index contributed by atoms with van der Waals surface area (Å²) in [5.41, 5.74) is 0.0572. The number of carboxylic acid groups (broad SMARTS) is 1. The lowest BCUT2D eigenvalue weighted by molar-refractivity contribution is -0.139. The minimum absolute atomic E-state index is 0.110. The number of hydrogen-bond donors (Lipinski definition) is 2. The number of benzene rings is 1. The van der Waals surface area contributed by atoms with Crippen LogP contribution in [0.15, 0.2) is 24.3 Å². The minimum atomic E-state index is -1.12. The van der Waals surface area contributed by atoms with Gasteiger partial charge < -0.3 is 24.6 Å². The van der Waals surface area contributed by atoms with Crippen LogP contribution in [0.25, 0.3) is 0 Å². The van der Waals surface area contributed by atoms with Crippen molar-refractivity contribution in [1.29, 1.82) is 0 Å². The van der Waals surface area contributed by atoms with Crippen molar-refractivity contribution in [2.45, 2.75) is 57.8 Å². The molecule has 1 aliphatic rings. The van der Waals surface area contributed by atoms with Gasteiger partial charge in [-0.05, 0) is 51.3 Å². The molecule has 144 valence electrons. The molecule has 1 aromatic rings. The van der Waals surface area contributed by atoms with Gasteiger partial charge in [-0.1, -0.05) is 12.1 Å². The number of carboxylic acids is 1. The Kier molecular flexibility index (Phi) is 6.85. The third-order valence-electron chi connectivity index (χ3n) is 3.79. The molecule has 7 nitrogen and oxygen atoms in total. The quantitative estimate of drug-likeness (QED) is 0.772. The number of ether oxygens (including phenoxy) is 3. The van der Waals surface area contributed by atoms with E-state index in [9.17, 15) is 14.7 Å². The summed E-state index contributed by atoms with van der Waals surface area (Å²) in [5, 5.41) is 11.8. The molecule has 26 heavy (non-hydrogen) atoms. The summed E-state index contributed by atoms with van der Waals surface area (Å²) in [6.07, 6.45) is 1.52. The Morgan fingerprint density at radius 3 is 2.77 bits per heavy atom. The van der Waals surface area contributed by atoms with Gasteiger partial charge in [-0.25, -0.2) is 9.59 Å². The van der Waals surface area contributed by atoms with Crippen molar-refractivity contribution >= 4 is 12.1 Å². The highest BCUT2D eigenvalue weighted by atomic mass is 16.6. The zero-order chi connectivity index (χ0) is 19.2. The number of hydrogen-bond acceptors (Lipinski definition) is 5. The molecule has 1 heterocycles. The maximum Gasteiger partial charge on any atom is 0.408 e. The smallest absolute Gasteiger partial charge is 0.408 e. The second kappa shape index (κ2) is 8.89. The van der Waals surface area contributed by atoms with Gasteiger partial charge in [0.05, 0.1) is 6.10 Å². The number of rotatable bonds is 7. The van der Waals surface area contributed by atoms with E-state index in [0.717, 1.165) is 25.0 Å². The molecule has 2 N–H and O–H groups in total. The summed E-state index contributed by atoms with van der Waals surface area (Å²) < 4.78 is 16.4. The van der Waals surface area contributed by atoms with E-state index < -0.39 is 23.7 Å². The summed E-state index contributed by atoms with van der Waals surface area (Å²) >= 11 is 0. The summed E-state index contributed by atoms with van der Waals surface area (Å²) in [7, 11) is 0. The van der Waals surface area contributed by atoms with Gasteiger partial charge in [-0.15, -0.1) is 0 Å². The van der Waals surface area contributed by atoms with E-state index in [4.69, 9.17) is 14.2 Å². The molecule has 1 aromatic carbocycles. The number of carbonyl (C=O) groups excluding carboxylic acids is 1. The molecule has 1 fully saturated rings. The highest BCUT2D eigenvalue weighted by Crippen LogP contribution is 2.18. The molecule has 1 aliphatic heterocycles.